The van der Waals surface area contributed by atoms with Crippen molar-refractivity contribution in [3.63, 3.8) is 0 Å². The summed E-state index contributed by atoms with van der Waals surface area (Å²) in [6, 6.07) is 17.1. The maximum Gasteiger partial charge on any atom is 0.202 e. The van der Waals surface area contributed by atoms with Crippen molar-refractivity contribution in [2.75, 3.05) is 0 Å². The first-order valence-corrected chi connectivity index (χ1v) is 13.3. The molecule has 3 aliphatic carbocycles. The Kier molecular flexibility index (Phi) is 4.39. The van der Waals surface area contributed by atoms with Gasteiger partial charge in [0.25, 0.3) is 0 Å². The van der Waals surface area contributed by atoms with Crippen LogP contribution in [0.2, 0.25) is 0 Å². The molecular weight excluding hydrogens is 416 g/mol. The Morgan fingerprint density at radius 3 is 1.30 bits per heavy atom. The normalized spacial score (nSPS) is 28.4. The fourth-order valence-electron chi connectivity index (χ4n) is 5.63. The molecule has 0 amide bonds. The Morgan fingerprint density at radius 2 is 0.933 bits per heavy atom. The standard InChI is InChI=1S/C24H24O4S2/c25-29(26,19-9-3-1-4-10-19)21-15-23-13-7-8-14-24(23,16-21)18-22(17-23)30(27,28)20-11-5-2-6-12-20/h1-6,9-12,15,18H,7-8,13-14,16-17H2/t23-,24+/m0/s1. The molecule has 2 aromatic rings. The first-order chi connectivity index (χ1) is 14.3. The maximum absolute atomic E-state index is 13.3. The molecule has 156 valence electrons. The van der Waals surface area contributed by atoms with Crippen LogP contribution in [0, 0.1) is 10.8 Å². The molecule has 3 aliphatic rings. The van der Waals surface area contributed by atoms with Gasteiger partial charge in [0.1, 0.15) is 0 Å². The predicted octanol–water partition coefficient (Wildman–Crippen LogP) is 5.06. The largest absolute Gasteiger partial charge is 0.219 e. The van der Waals surface area contributed by atoms with Gasteiger partial charge in [-0.25, -0.2) is 16.8 Å². The maximum atomic E-state index is 13.3. The highest BCUT2D eigenvalue weighted by atomic mass is 32.2. The average Bonchev–Trinajstić information content (AvgIpc) is 3.27. The molecule has 0 heterocycles. The summed E-state index contributed by atoms with van der Waals surface area (Å²) in [4.78, 5) is 1.51. The van der Waals surface area contributed by atoms with E-state index in [4.69, 9.17) is 0 Å². The number of benzene rings is 2. The van der Waals surface area contributed by atoms with Crippen LogP contribution in [0.4, 0.5) is 0 Å². The lowest BCUT2D eigenvalue weighted by atomic mass is 9.59. The number of hydrogen-bond donors (Lipinski definition) is 0. The van der Waals surface area contributed by atoms with E-state index in [1.807, 2.05) is 12.2 Å². The van der Waals surface area contributed by atoms with Gasteiger partial charge in [-0.05, 0) is 49.9 Å². The van der Waals surface area contributed by atoms with Gasteiger partial charge < -0.3 is 0 Å². The van der Waals surface area contributed by atoms with Crippen molar-refractivity contribution in [1.29, 1.82) is 0 Å². The van der Waals surface area contributed by atoms with Gasteiger partial charge in [0.05, 0.1) is 9.79 Å². The molecule has 0 N–H and O–H groups in total. The first-order valence-electron chi connectivity index (χ1n) is 10.3. The van der Waals surface area contributed by atoms with Crippen LogP contribution in [0.1, 0.15) is 38.5 Å². The van der Waals surface area contributed by atoms with Crippen LogP contribution in [0.15, 0.2) is 92.4 Å². The Balaban J connectivity index is 1.57. The number of hydrogen-bond acceptors (Lipinski definition) is 4. The molecule has 0 radical (unpaired) electrons. The van der Waals surface area contributed by atoms with Gasteiger partial charge >= 0.3 is 0 Å². The van der Waals surface area contributed by atoms with E-state index in [-0.39, 0.29) is 0 Å². The van der Waals surface area contributed by atoms with E-state index in [0.717, 1.165) is 25.7 Å². The van der Waals surface area contributed by atoms with Crippen molar-refractivity contribution in [3.8, 4) is 0 Å². The smallest absolute Gasteiger partial charge is 0.202 e. The van der Waals surface area contributed by atoms with Crippen LogP contribution in [0.3, 0.4) is 0 Å². The van der Waals surface area contributed by atoms with Crippen molar-refractivity contribution < 1.29 is 16.8 Å². The van der Waals surface area contributed by atoms with E-state index in [1.165, 1.54) is 0 Å². The molecule has 6 heteroatoms. The van der Waals surface area contributed by atoms with E-state index < -0.39 is 30.5 Å². The quantitative estimate of drug-likeness (QED) is 0.667. The summed E-state index contributed by atoms with van der Waals surface area (Å²) in [5, 5.41) is 0. The molecule has 5 rings (SSSR count). The summed E-state index contributed by atoms with van der Waals surface area (Å²) in [7, 11) is -7.14. The molecule has 0 unspecified atom stereocenters. The third-order valence-corrected chi connectivity index (χ3v) is 10.8. The second-order valence-electron chi connectivity index (χ2n) is 8.73. The molecule has 0 aliphatic heterocycles. The van der Waals surface area contributed by atoms with E-state index >= 15 is 0 Å². The lowest BCUT2D eigenvalue weighted by molar-refractivity contribution is 0.110. The number of allylic oxidation sites excluding steroid dienone is 4. The minimum atomic E-state index is -3.57. The molecule has 0 saturated heterocycles. The van der Waals surface area contributed by atoms with E-state index in [1.54, 1.807) is 60.7 Å². The van der Waals surface area contributed by atoms with Gasteiger partial charge in [0.2, 0.25) is 19.7 Å². The van der Waals surface area contributed by atoms with Gasteiger partial charge in [-0.2, -0.15) is 0 Å². The van der Waals surface area contributed by atoms with Crippen LogP contribution < -0.4 is 0 Å². The second kappa shape index (κ2) is 6.66. The molecule has 4 nitrogen and oxygen atoms in total. The summed E-state index contributed by atoms with van der Waals surface area (Å²) >= 11 is 0. The van der Waals surface area contributed by atoms with Gasteiger partial charge in [0.15, 0.2) is 0 Å². The molecule has 30 heavy (non-hydrogen) atoms. The van der Waals surface area contributed by atoms with Crippen molar-refractivity contribution in [2.45, 2.75) is 48.3 Å². The summed E-state index contributed by atoms with van der Waals surface area (Å²) in [5.41, 5.74) is -0.834. The monoisotopic (exact) mass is 440 g/mol. The minimum Gasteiger partial charge on any atom is -0.219 e. The number of sulfone groups is 2. The fourth-order valence-corrected chi connectivity index (χ4v) is 8.92. The third kappa shape index (κ3) is 2.77. The van der Waals surface area contributed by atoms with Gasteiger partial charge in [0, 0.05) is 20.6 Å². The van der Waals surface area contributed by atoms with Crippen LogP contribution in [-0.4, -0.2) is 16.8 Å². The Bertz CT molecular complexity index is 1160. The molecular formula is C24H24O4S2. The third-order valence-electron chi connectivity index (χ3n) is 7.14. The van der Waals surface area contributed by atoms with E-state index in [2.05, 4.69) is 0 Å². The zero-order valence-electron chi connectivity index (χ0n) is 16.6. The molecule has 0 bridgehead atoms. The van der Waals surface area contributed by atoms with Crippen molar-refractivity contribution in [3.05, 3.63) is 82.6 Å². The Labute approximate surface area is 178 Å². The zero-order chi connectivity index (χ0) is 21.0. The Morgan fingerprint density at radius 1 is 0.567 bits per heavy atom. The fraction of sp³-hybridized carbons (Fsp3) is 0.333. The lowest BCUT2D eigenvalue weighted by Crippen LogP contribution is -2.35. The van der Waals surface area contributed by atoms with Gasteiger partial charge in [-0.1, -0.05) is 61.4 Å². The highest BCUT2D eigenvalue weighted by molar-refractivity contribution is 7.95. The highest BCUT2D eigenvalue weighted by Gasteiger charge is 2.60. The highest BCUT2D eigenvalue weighted by Crippen LogP contribution is 2.68. The van der Waals surface area contributed by atoms with Crippen LogP contribution in [-0.2, 0) is 19.7 Å². The summed E-state index contributed by atoms with van der Waals surface area (Å²) < 4.78 is 53.2. The van der Waals surface area contributed by atoms with Crippen molar-refractivity contribution in [2.24, 2.45) is 10.8 Å². The molecule has 0 spiro atoms. The Hall–Kier alpha value is -2.18. The molecule has 1 fully saturated rings. The van der Waals surface area contributed by atoms with Crippen molar-refractivity contribution in [1.82, 2.24) is 0 Å². The summed E-state index contributed by atoms with van der Waals surface area (Å²) in [6.45, 7) is 0. The summed E-state index contributed by atoms with van der Waals surface area (Å²) in [5.74, 6) is 0. The predicted molar refractivity (Wildman–Crippen MR) is 116 cm³/mol. The molecule has 2 atom stereocenters. The molecule has 2 aromatic carbocycles. The zero-order valence-corrected chi connectivity index (χ0v) is 18.3. The van der Waals surface area contributed by atoms with Crippen molar-refractivity contribution >= 4 is 19.7 Å². The second-order valence-corrected chi connectivity index (χ2v) is 12.7. The van der Waals surface area contributed by atoms with Gasteiger partial charge in [-0.15, -0.1) is 0 Å². The van der Waals surface area contributed by atoms with E-state index in [0.29, 0.717) is 32.4 Å². The van der Waals surface area contributed by atoms with Gasteiger partial charge in [-0.3, -0.25) is 0 Å². The average molecular weight is 441 g/mol. The van der Waals surface area contributed by atoms with E-state index in [9.17, 15) is 16.8 Å². The lowest BCUT2D eigenvalue weighted by Gasteiger charge is -2.44. The topological polar surface area (TPSA) is 68.3 Å². The number of rotatable bonds is 4. The molecule has 1 saturated carbocycles. The van der Waals surface area contributed by atoms with Crippen LogP contribution in [0.25, 0.3) is 0 Å². The summed E-state index contributed by atoms with van der Waals surface area (Å²) in [6.07, 6.45) is 8.23. The first kappa shape index (κ1) is 19.8. The van der Waals surface area contributed by atoms with Crippen LogP contribution in [0.5, 0.6) is 0 Å². The SMILES string of the molecule is O=S(=O)(C1=C[C@]23CCCC[C@]2(C=C(S(=O)(=O)c2ccccc2)C3)C1)c1ccccc1. The molecule has 0 aromatic heterocycles. The minimum absolute atomic E-state index is 0.307. The van der Waals surface area contributed by atoms with Crippen LogP contribution >= 0.6 is 0 Å².